The predicted molar refractivity (Wildman–Crippen MR) is 85.1 cm³/mol. The minimum absolute atomic E-state index is 0.0737. The second kappa shape index (κ2) is 6.52. The Morgan fingerprint density at radius 2 is 1.84 bits per heavy atom. The van der Waals surface area contributed by atoms with E-state index in [0.29, 0.717) is 23.0 Å². The molecule has 0 amide bonds. The van der Waals surface area contributed by atoms with Crippen LogP contribution in [0.25, 0.3) is 22.2 Å². The van der Waals surface area contributed by atoms with Gasteiger partial charge in [0.15, 0.2) is 5.82 Å². The van der Waals surface area contributed by atoms with Crippen LogP contribution in [0.3, 0.4) is 0 Å². The maximum absolute atomic E-state index is 12.5. The van der Waals surface area contributed by atoms with Crippen LogP contribution in [0.2, 0.25) is 0 Å². The summed E-state index contributed by atoms with van der Waals surface area (Å²) in [6, 6.07) is 13.0. The minimum Gasteiger partial charge on any atom is -0.414 e. The fourth-order valence-electron chi connectivity index (χ4n) is 2.19. The summed E-state index contributed by atoms with van der Waals surface area (Å²) in [5.74, 6) is 0.372. The highest BCUT2D eigenvalue weighted by Gasteiger charge is 2.18. The number of aromatic nitrogens is 4. The molecule has 0 bridgehead atoms. The van der Waals surface area contributed by atoms with Crippen molar-refractivity contribution in [2.75, 3.05) is 0 Å². The van der Waals surface area contributed by atoms with E-state index in [1.165, 1.54) is 11.3 Å². The van der Waals surface area contributed by atoms with Crippen LogP contribution in [-0.4, -0.2) is 20.3 Å². The molecule has 126 valence electrons. The van der Waals surface area contributed by atoms with Gasteiger partial charge in [-0.2, -0.15) is 13.8 Å². The van der Waals surface area contributed by atoms with Crippen LogP contribution in [0, 0.1) is 0 Å². The third kappa shape index (κ3) is 3.31. The van der Waals surface area contributed by atoms with Crippen molar-refractivity contribution in [1.82, 2.24) is 20.3 Å². The Labute approximate surface area is 144 Å². The number of benzene rings is 1. The molecule has 0 unspecified atom stereocenters. The minimum atomic E-state index is -2.78. The predicted octanol–water partition coefficient (Wildman–Crippen LogP) is 4.38. The first-order valence-electron chi connectivity index (χ1n) is 7.27. The lowest BCUT2D eigenvalue weighted by molar-refractivity contribution is 0.116. The van der Waals surface area contributed by atoms with Gasteiger partial charge in [0.1, 0.15) is 0 Å². The lowest BCUT2D eigenvalue weighted by Crippen LogP contribution is -1.87. The molecule has 6 nitrogen and oxygen atoms in total. The van der Waals surface area contributed by atoms with Crippen molar-refractivity contribution in [1.29, 1.82) is 0 Å². The van der Waals surface area contributed by atoms with E-state index < -0.39 is 12.3 Å². The normalized spacial score (nSPS) is 11.3. The highest BCUT2D eigenvalue weighted by Crippen LogP contribution is 2.30. The van der Waals surface area contributed by atoms with Gasteiger partial charge in [-0.3, -0.25) is 0 Å². The van der Waals surface area contributed by atoms with Gasteiger partial charge >= 0.3 is 6.43 Å². The maximum atomic E-state index is 12.5. The summed E-state index contributed by atoms with van der Waals surface area (Å²) < 4.78 is 35.2. The molecule has 0 fully saturated rings. The van der Waals surface area contributed by atoms with Gasteiger partial charge in [0.2, 0.25) is 0 Å². The molecule has 0 atom stereocenters. The molecule has 0 aliphatic rings. The number of nitrogens with zero attached hydrogens (tertiary/aromatic N) is 4. The average Bonchev–Trinajstić information content (AvgIpc) is 3.36. The molecule has 0 saturated carbocycles. The molecule has 25 heavy (non-hydrogen) atoms. The van der Waals surface area contributed by atoms with Crippen molar-refractivity contribution in [2.45, 2.75) is 12.8 Å². The van der Waals surface area contributed by atoms with Gasteiger partial charge in [0, 0.05) is 16.9 Å². The molecule has 0 saturated heterocycles. The zero-order valence-corrected chi connectivity index (χ0v) is 13.4. The quantitative estimate of drug-likeness (QED) is 0.526. The summed E-state index contributed by atoms with van der Waals surface area (Å²) in [5, 5.41) is 10.9. The van der Waals surface area contributed by atoms with Crippen molar-refractivity contribution in [2.24, 2.45) is 0 Å². The van der Waals surface area contributed by atoms with Crippen LogP contribution >= 0.6 is 11.3 Å². The number of hydrogen-bond acceptors (Lipinski definition) is 7. The van der Waals surface area contributed by atoms with Crippen LogP contribution < -0.4 is 0 Å². The Bertz CT molecular complexity index is 981. The monoisotopic (exact) mass is 360 g/mol. The van der Waals surface area contributed by atoms with E-state index >= 15 is 0 Å². The fraction of sp³-hybridized carbons (Fsp3) is 0.125. The summed E-state index contributed by atoms with van der Waals surface area (Å²) in [5.41, 5.74) is 0.846. The van der Waals surface area contributed by atoms with E-state index in [4.69, 9.17) is 8.94 Å². The van der Waals surface area contributed by atoms with Gasteiger partial charge in [-0.15, -0.1) is 21.5 Å². The van der Waals surface area contributed by atoms with Crippen LogP contribution in [0.4, 0.5) is 8.78 Å². The van der Waals surface area contributed by atoms with E-state index in [1.54, 1.807) is 6.07 Å². The van der Waals surface area contributed by atoms with Gasteiger partial charge < -0.3 is 8.94 Å². The van der Waals surface area contributed by atoms with Crippen molar-refractivity contribution in [3.63, 3.8) is 0 Å². The first-order valence-corrected chi connectivity index (χ1v) is 8.09. The van der Waals surface area contributed by atoms with E-state index in [1.807, 2.05) is 36.4 Å². The molecule has 4 rings (SSSR count). The lowest BCUT2D eigenvalue weighted by atomic mass is 10.2. The van der Waals surface area contributed by atoms with Crippen molar-refractivity contribution < 1.29 is 17.7 Å². The maximum Gasteiger partial charge on any atom is 0.314 e. The lowest BCUT2D eigenvalue weighted by Gasteiger charge is -1.91. The molecule has 4 aromatic rings. The number of alkyl halides is 2. The smallest absolute Gasteiger partial charge is 0.314 e. The third-order valence-corrected chi connectivity index (χ3v) is 4.39. The SMILES string of the molecule is FC(F)c1nnc(-c2ccc(Cc3noc(-c4ccccc4)n3)s2)o1. The van der Waals surface area contributed by atoms with Gasteiger partial charge in [-0.25, -0.2) is 0 Å². The molecule has 0 N–H and O–H groups in total. The summed E-state index contributed by atoms with van der Waals surface area (Å²) in [6.45, 7) is 0. The van der Waals surface area contributed by atoms with Gasteiger partial charge in [-0.05, 0) is 24.3 Å². The van der Waals surface area contributed by atoms with Crippen molar-refractivity contribution in [3.05, 3.63) is 59.1 Å². The zero-order chi connectivity index (χ0) is 17.2. The number of hydrogen-bond donors (Lipinski definition) is 0. The van der Waals surface area contributed by atoms with E-state index in [9.17, 15) is 8.78 Å². The Hall–Kier alpha value is -2.94. The van der Waals surface area contributed by atoms with E-state index in [-0.39, 0.29) is 5.89 Å². The molecule has 1 aromatic carbocycles. The Morgan fingerprint density at radius 3 is 2.60 bits per heavy atom. The molecule has 9 heteroatoms. The molecule has 0 aliphatic heterocycles. The van der Waals surface area contributed by atoms with Crippen LogP contribution in [0.1, 0.15) is 23.0 Å². The summed E-state index contributed by atoms with van der Waals surface area (Å²) >= 11 is 1.35. The number of rotatable bonds is 5. The zero-order valence-electron chi connectivity index (χ0n) is 12.6. The standard InChI is InChI=1S/C16H10F2N4O2S/c17-13(18)16-21-20-15(23-16)11-7-6-10(25-11)8-12-19-14(24-22-12)9-4-2-1-3-5-9/h1-7,13H,8H2. The average molecular weight is 360 g/mol. The second-order valence-electron chi connectivity index (χ2n) is 5.07. The summed E-state index contributed by atoms with van der Waals surface area (Å²) in [4.78, 5) is 5.90. The van der Waals surface area contributed by atoms with E-state index in [2.05, 4.69) is 20.3 Å². The highest BCUT2D eigenvalue weighted by molar-refractivity contribution is 7.15. The van der Waals surface area contributed by atoms with E-state index in [0.717, 1.165) is 10.4 Å². The first-order chi connectivity index (χ1) is 12.2. The Morgan fingerprint density at radius 1 is 1.00 bits per heavy atom. The molecule has 3 heterocycles. The fourth-order valence-corrected chi connectivity index (χ4v) is 3.12. The molecule has 0 spiro atoms. The third-order valence-electron chi connectivity index (χ3n) is 3.32. The molecule has 3 aromatic heterocycles. The Balaban J connectivity index is 1.50. The molecule has 0 radical (unpaired) electrons. The molecular formula is C16H10F2N4O2S. The number of halogens is 2. The summed E-state index contributed by atoms with van der Waals surface area (Å²) in [6.07, 6.45) is -2.33. The van der Waals surface area contributed by atoms with Gasteiger partial charge in [0.05, 0.1) is 4.88 Å². The Kier molecular flexibility index (Phi) is 4.06. The topological polar surface area (TPSA) is 77.8 Å². The van der Waals surface area contributed by atoms with Crippen LogP contribution in [0.15, 0.2) is 51.4 Å². The van der Waals surface area contributed by atoms with Crippen molar-refractivity contribution in [3.8, 4) is 22.2 Å². The summed E-state index contributed by atoms with van der Waals surface area (Å²) in [7, 11) is 0. The van der Waals surface area contributed by atoms with Crippen LogP contribution in [-0.2, 0) is 6.42 Å². The molecular weight excluding hydrogens is 350 g/mol. The van der Waals surface area contributed by atoms with Gasteiger partial charge in [-0.1, -0.05) is 23.4 Å². The first kappa shape index (κ1) is 15.6. The molecule has 0 aliphatic carbocycles. The van der Waals surface area contributed by atoms with Crippen molar-refractivity contribution >= 4 is 11.3 Å². The number of thiophene rings is 1. The second-order valence-corrected chi connectivity index (χ2v) is 6.24. The van der Waals surface area contributed by atoms with Gasteiger partial charge in [0.25, 0.3) is 17.7 Å². The largest absolute Gasteiger partial charge is 0.414 e. The highest BCUT2D eigenvalue weighted by atomic mass is 32.1. The van der Waals surface area contributed by atoms with Crippen LogP contribution in [0.5, 0.6) is 0 Å².